The number of Topliss-reactive ketones (excluding diaryl/α,β-unsaturated/α-hetero) is 1. The highest BCUT2D eigenvalue weighted by atomic mass is 79.9. The van der Waals surface area contributed by atoms with Crippen molar-refractivity contribution in [3.05, 3.63) is 35.9 Å². The fraction of sp³-hybridized carbons (Fsp3) is 0.562. The van der Waals surface area contributed by atoms with E-state index in [1.807, 2.05) is 18.2 Å². The summed E-state index contributed by atoms with van der Waals surface area (Å²) in [4.78, 5) is 11.6. The Morgan fingerprint density at radius 3 is 2.47 bits per heavy atom. The molecule has 0 unspecified atom stereocenters. The first-order valence-electron chi connectivity index (χ1n) is 7.00. The number of carbonyl (C=O) groups is 1. The van der Waals surface area contributed by atoms with E-state index in [2.05, 4.69) is 28.1 Å². The van der Waals surface area contributed by atoms with E-state index in [0.717, 1.165) is 32.3 Å². The number of hydrogen-bond donors (Lipinski definition) is 0. The van der Waals surface area contributed by atoms with Crippen LogP contribution in [0.5, 0.6) is 0 Å². The molecule has 0 saturated heterocycles. The molecule has 1 aromatic carbocycles. The minimum atomic E-state index is 0.282. The van der Waals surface area contributed by atoms with Gasteiger partial charge in [-0.2, -0.15) is 0 Å². The van der Waals surface area contributed by atoms with Crippen LogP contribution in [0.1, 0.15) is 31.2 Å². The zero-order chi connectivity index (χ0) is 13.5. The van der Waals surface area contributed by atoms with Crippen molar-refractivity contribution in [2.45, 2.75) is 32.3 Å². The third-order valence-corrected chi connectivity index (χ3v) is 4.45. The Kier molecular flexibility index (Phi) is 6.05. The van der Waals surface area contributed by atoms with Gasteiger partial charge in [0.2, 0.25) is 0 Å². The van der Waals surface area contributed by atoms with Gasteiger partial charge in [-0.1, -0.05) is 46.3 Å². The average molecular weight is 325 g/mol. The van der Waals surface area contributed by atoms with Crippen molar-refractivity contribution < 1.29 is 9.53 Å². The molecule has 3 heteroatoms. The van der Waals surface area contributed by atoms with Crippen molar-refractivity contribution in [1.82, 2.24) is 0 Å². The normalized spacial score (nSPS) is 23.2. The van der Waals surface area contributed by atoms with Gasteiger partial charge in [-0.15, -0.1) is 0 Å². The lowest BCUT2D eigenvalue weighted by atomic mass is 9.81. The Balaban J connectivity index is 1.65. The van der Waals surface area contributed by atoms with Crippen LogP contribution in [-0.2, 0) is 16.1 Å². The zero-order valence-electron chi connectivity index (χ0n) is 11.2. The summed E-state index contributed by atoms with van der Waals surface area (Å²) in [6.07, 6.45) is 4.31. The second-order valence-electron chi connectivity index (χ2n) is 5.32. The summed E-state index contributed by atoms with van der Waals surface area (Å²) in [5.74, 6) is 1.27. The van der Waals surface area contributed by atoms with E-state index in [1.165, 1.54) is 5.56 Å². The van der Waals surface area contributed by atoms with E-state index in [-0.39, 0.29) is 5.92 Å². The molecule has 2 rings (SSSR count). The Morgan fingerprint density at radius 2 is 1.84 bits per heavy atom. The van der Waals surface area contributed by atoms with Crippen LogP contribution in [0.4, 0.5) is 0 Å². The molecule has 1 saturated carbocycles. The summed E-state index contributed by atoms with van der Waals surface area (Å²) in [5, 5.41) is 0.507. The van der Waals surface area contributed by atoms with Gasteiger partial charge in [0.15, 0.2) is 0 Å². The van der Waals surface area contributed by atoms with Crippen LogP contribution < -0.4 is 0 Å². The average Bonchev–Trinajstić information content (AvgIpc) is 2.48. The van der Waals surface area contributed by atoms with Crippen LogP contribution in [0, 0.1) is 11.8 Å². The summed E-state index contributed by atoms with van der Waals surface area (Å²) in [6.45, 7) is 1.52. The van der Waals surface area contributed by atoms with Crippen LogP contribution in [0.2, 0.25) is 0 Å². The van der Waals surface area contributed by atoms with E-state index < -0.39 is 0 Å². The number of carbonyl (C=O) groups excluding carboxylic acids is 1. The highest BCUT2D eigenvalue weighted by Gasteiger charge is 2.25. The first kappa shape index (κ1) is 14.7. The molecule has 104 valence electrons. The van der Waals surface area contributed by atoms with Crippen molar-refractivity contribution in [3.63, 3.8) is 0 Å². The van der Waals surface area contributed by atoms with E-state index in [1.54, 1.807) is 0 Å². The van der Waals surface area contributed by atoms with Crippen molar-refractivity contribution in [3.8, 4) is 0 Å². The van der Waals surface area contributed by atoms with E-state index in [4.69, 9.17) is 4.74 Å². The number of ketones is 1. The topological polar surface area (TPSA) is 26.3 Å². The van der Waals surface area contributed by atoms with Gasteiger partial charge in [-0.25, -0.2) is 0 Å². The smallest absolute Gasteiger partial charge is 0.146 e. The summed E-state index contributed by atoms with van der Waals surface area (Å²) >= 11 is 3.26. The Hall–Kier alpha value is -0.670. The van der Waals surface area contributed by atoms with E-state index in [9.17, 15) is 4.79 Å². The number of ether oxygens (including phenoxy) is 1. The van der Waals surface area contributed by atoms with Crippen LogP contribution in [0.15, 0.2) is 30.3 Å². The van der Waals surface area contributed by atoms with E-state index in [0.29, 0.717) is 23.6 Å². The molecule has 0 amide bonds. The standard InChI is InChI=1S/C16H21BrO2/c17-10-16(18)15-8-6-14(7-9-15)12-19-11-13-4-2-1-3-5-13/h1-5,14-15H,6-12H2. The van der Waals surface area contributed by atoms with Gasteiger partial charge in [0.25, 0.3) is 0 Å². The van der Waals surface area contributed by atoms with Crippen LogP contribution in [0.25, 0.3) is 0 Å². The molecule has 0 atom stereocenters. The molecule has 2 nitrogen and oxygen atoms in total. The van der Waals surface area contributed by atoms with Gasteiger partial charge < -0.3 is 4.74 Å². The van der Waals surface area contributed by atoms with Gasteiger partial charge in [0, 0.05) is 12.5 Å². The predicted octanol–water partition coefficient (Wildman–Crippen LogP) is 3.97. The highest BCUT2D eigenvalue weighted by molar-refractivity contribution is 9.09. The zero-order valence-corrected chi connectivity index (χ0v) is 12.8. The summed E-state index contributed by atoms with van der Waals surface area (Å²) in [7, 11) is 0. The van der Waals surface area contributed by atoms with Gasteiger partial charge >= 0.3 is 0 Å². The largest absolute Gasteiger partial charge is 0.376 e. The van der Waals surface area contributed by atoms with Crippen molar-refractivity contribution in [1.29, 1.82) is 0 Å². The number of benzene rings is 1. The van der Waals surface area contributed by atoms with Gasteiger partial charge in [0.1, 0.15) is 5.78 Å². The molecular formula is C16H21BrO2. The van der Waals surface area contributed by atoms with Crippen LogP contribution in [-0.4, -0.2) is 17.7 Å². The summed E-state index contributed by atoms with van der Waals surface area (Å²) in [5.41, 5.74) is 1.23. The Morgan fingerprint density at radius 1 is 1.16 bits per heavy atom. The molecule has 1 aliphatic rings. The second kappa shape index (κ2) is 7.81. The Bertz CT molecular complexity index is 383. The van der Waals surface area contributed by atoms with Gasteiger partial charge in [0.05, 0.1) is 11.9 Å². The van der Waals surface area contributed by atoms with Gasteiger partial charge in [-0.05, 0) is 37.2 Å². The maximum Gasteiger partial charge on any atom is 0.146 e. The van der Waals surface area contributed by atoms with Crippen molar-refractivity contribution in [2.75, 3.05) is 11.9 Å². The lowest BCUT2D eigenvalue weighted by molar-refractivity contribution is -0.121. The first-order chi connectivity index (χ1) is 9.29. The van der Waals surface area contributed by atoms with E-state index >= 15 is 0 Å². The minimum Gasteiger partial charge on any atom is -0.376 e. The van der Waals surface area contributed by atoms with Crippen molar-refractivity contribution in [2.24, 2.45) is 11.8 Å². The molecule has 0 N–H and O–H groups in total. The molecule has 0 bridgehead atoms. The molecular weight excluding hydrogens is 304 g/mol. The number of rotatable bonds is 6. The molecule has 0 aliphatic heterocycles. The molecule has 1 aromatic rings. The molecule has 0 spiro atoms. The van der Waals surface area contributed by atoms with Gasteiger partial charge in [-0.3, -0.25) is 4.79 Å². The third-order valence-electron chi connectivity index (χ3n) is 3.90. The fourth-order valence-electron chi connectivity index (χ4n) is 2.68. The maximum absolute atomic E-state index is 11.6. The molecule has 1 aliphatic carbocycles. The Labute approximate surface area is 123 Å². The number of halogens is 1. The maximum atomic E-state index is 11.6. The lowest BCUT2D eigenvalue weighted by Gasteiger charge is -2.27. The molecule has 0 aromatic heterocycles. The quantitative estimate of drug-likeness (QED) is 0.740. The third kappa shape index (κ3) is 4.73. The molecule has 19 heavy (non-hydrogen) atoms. The minimum absolute atomic E-state index is 0.282. The van der Waals surface area contributed by atoms with Crippen LogP contribution >= 0.6 is 15.9 Å². The monoisotopic (exact) mass is 324 g/mol. The molecule has 0 heterocycles. The predicted molar refractivity (Wildman–Crippen MR) is 80.3 cm³/mol. The first-order valence-corrected chi connectivity index (χ1v) is 8.12. The second-order valence-corrected chi connectivity index (χ2v) is 5.88. The summed E-state index contributed by atoms with van der Waals surface area (Å²) < 4.78 is 5.79. The fourth-order valence-corrected chi connectivity index (χ4v) is 3.14. The number of alkyl halides is 1. The van der Waals surface area contributed by atoms with Crippen molar-refractivity contribution >= 4 is 21.7 Å². The SMILES string of the molecule is O=C(CBr)C1CCC(COCc2ccccc2)CC1. The summed E-state index contributed by atoms with van der Waals surface area (Å²) in [6, 6.07) is 10.3. The molecule has 0 radical (unpaired) electrons. The molecule has 1 fully saturated rings. The van der Waals surface area contributed by atoms with Crippen LogP contribution in [0.3, 0.4) is 0 Å². The highest BCUT2D eigenvalue weighted by Crippen LogP contribution is 2.30. The number of hydrogen-bond acceptors (Lipinski definition) is 2. The lowest BCUT2D eigenvalue weighted by Crippen LogP contribution is -2.24.